The van der Waals surface area contributed by atoms with Gasteiger partial charge in [0.05, 0.1) is 11.3 Å². The first-order valence-electron chi connectivity index (χ1n) is 7.02. The summed E-state index contributed by atoms with van der Waals surface area (Å²) >= 11 is 0. The predicted octanol–water partition coefficient (Wildman–Crippen LogP) is 3.39. The molecule has 4 nitrogen and oxygen atoms in total. The Balaban J connectivity index is 0. The highest BCUT2D eigenvalue weighted by Gasteiger charge is 2.18. The molecule has 0 rings (SSSR count). The van der Waals surface area contributed by atoms with Crippen LogP contribution in [0.2, 0.25) is 0 Å². The maximum Gasteiger partial charge on any atom is 0.277 e. The van der Waals surface area contributed by atoms with E-state index in [-0.39, 0.29) is 17.5 Å². The highest BCUT2D eigenvalue weighted by molar-refractivity contribution is 6.01. The molecule has 0 radical (unpaired) electrons. The van der Waals surface area contributed by atoms with Crippen LogP contribution in [0.3, 0.4) is 0 Å². The lowest BCUT2D eigenvalue weighted by molar-refractivity contribution is 0.188. The van der Waals surface area contributed by atoms with Crippen LogP contribution in [0.15, 0.2) is 33.5 Å². The van der Waals surface area contributed by atoms with Crippen LogP contribution in [0.5, 0.6) is 0 Å². The number of halogens is 4. The van der Waals surface area contributed by atoms with E-state index in [1.807, 2.05) is 13.8 Å². The fourth-order valence-corrected chi connectivity index (χ4v) is 1.36. The van der Waals surface area contributed by atoms with Crippen molar-refractivity contribution in [1.29, 1.82) is 0 Å². The zero-order valence-electron chi connectivity index (χ0n) is 14.1. The summed E-state index contributed by atoms with van der Waals surface area (Å²) in [6.45, 7) is 7.30. The molecule has 0 spiro atoms. The lowest BCUT2D eigenvalue weighted by Gasteiger charge is -2.11. The molecule has 0 aliphatic carbocycles. The molecule has 23 heavy (non-hydrogen) atoms. The molecule has 134 valence electrons. The molecule has 0 amide bonds. The third-order valence-electron chi connectivity index (χ3n) is 2.40. The molecule has 0 aliphatic heterocycles. The first-order valence-corrected chi connectivity index (χ1v) is 7.02. The first-order chi connectivity index (χ1) is 10.6. The van der Waals surface area contributed by atoms with Crippen LogP contribution in [-0.4, -0.2) is 37.9 Å². The highest BCUT2D eigenvalue weighted by Crippen LogP contribution is 2.14. The lowest BCUT2D eigenvalue weighted by atomic mass is 10.0. The van der Waals surface area contributed by atoms with Gasteiger partial charge in [-0.1, -0.05) is 13.8 Å². The van der Waals surface area contributed by atoms with Gasteiger partial charge in [0.25, 0.3) is 12.9 Å². The van der Waals surface area contributed by atoms with Crippen molar-refractivity contribution in [2.75, 3.05) is 7.05 Å². The molecule has 0 aromatic heterocycles. The summed E-state index contributed by atoms with van der Waals surface area (Å²) in [5.41, 5.74) is 9.73. The van der Waals surface area contributed by atoms with Crippen molar-refractivity contribution in [3.05, 3.63) is 23.5 Å². The van der Waals surface area contributed by atoms with Crippen LogP contribution >= 0.6 is 0 Å². The van der Waals surface area contributed by atoms with E-state index < -0.39 is 18.5 Å². The van der Waals surface area contributed by atoms with Gasteiger partial charge in [-0.15, -0.1) is 0 Å². The maximum absolute atomic E-state index is 12.3. The number of alkyl halides is 4. The number of nitrogens with zero attached hydrogens (tertiary/aromatic N) is 2. The molecule has 4 N–H and O–H groups in total. The average molecular weight is 338 g/mol. The molecule has 0 saturated carbocycles. The van der Waals surface area contributed by atoms with Gasteiger partial charge < -0.3 is 11.5 Å². The van der Waals surface area contributed by atoms with Crippen LogP contribution in [-0.2, 0) is 0 Å². The summed E-state index contributed by atoms with van der Waals surface area (Å²) in [5, 5.41) is 0. The van der Waals surface area contributed by atoms with Gasteiger partial charge in [0, 0.05) is 31.2 Å². The summed E-state index contributed by atoms with van der Waals surface area (Å²) in [7, 11) is 1.49. The SMILES string of the molecule is CC(C)N=C/C=C(\N)C(F)F.CN=C(/C(=C\N)C(F)F)C(C)C. The number of hydrogen-bond donors (Lipinski definition) is 2. The zero-order valence-corrected chi connectivity index (χ0v) is 14.1. The Morgan fingerprint density at radius 2 is 1.52 bits per heavy atom. The smallest absolute Gasteiger partial charge is 0.277 e. The second kappa shape index (κ2) is 12.7. The van der Waals surface area contributed by atoms with Crippen LogP contribution in [0.1, 0.15) is 27.7 Å². The fourth-order valence-electron chi connectivity index (χ4n) is 1.36. The van der Waals surface area contributed by atoms with Crippen LogP contribution in [0, 0.1) is 5.92 Å². The van der Waals surface area contributed by atoms with E-state index in [2.05, 4.69) is 9.98 Å². The Hall–Kier alpha value is -1.86. The van der Waals surface area contributed by atoms with Crippen molar-refractivity contribution in [3.8, 4) is 0 Å². The van der Waals surface area contributed by atoms with Gasteiger partial charge in [-0.25, -0.2) is 17.6 Å². The van der Waals surface area contributed by atoms with E-state index in [9.17, 15) is 17.6 Å². The van der Waals surface area contributed by atoms with E-state index in [1.165, 1.54) is 13.3 Å². The normalized spacial score (nSPS) is 14.2. The summed E-state index contributed by atoms with van der Waals surface area (Å²) < 4.78 is 47.9. The Morgan fingerprint density at radius 3 is 1.74 bits per heavy atom. The molecule has 0 bridgehead atoms. The maximum atomic E-state index is 12.3. The summed E-state index contributed by atoms with van der Waals surface area (Å²) in [4.78, 5) is 7.60. The predicted molar refractivity (Wildman–Crippen MR) is 88.4 cm³/mol. The number of rotatable bonds is 6. The molecule has 0 saturated heterocycles. The molecular weight excluding hydrogens is 312 g/mol. The minimum absolute atomic E-state index is 0.0289. The largest absolute Gasteiger partial charge is 0.404 e. The minimum Gasteiger partial charge on any atom is -0.404 e. The monoisotopic (exact) mass is 338 g/mol. The molecule has 0 aliphatic rings. The Bertz CT molecular complexity index is 417. The number of nitrogens with two attached hydrogens (primary N) is 2. The summed E-state index contributed by atoms with van der Waals surface area (Å²) in [6.07, 6.45) is -1.80. The van der Waals surface area contributed by atoms with Crippen molar-refractivity contribution in [1.82, 2.24) is 0 Å². The van der Waals surface area contributed by atoms with E-state index in [0.29, 0.717) is 5.71 Å². The van der Waals surface area contributed by atoms with Crippen molar-refractivity contribution in [3.63, 3.8) is 0 Å². The molecule has 0 unspecified atom stereocenters. The van der Waals surface area contributed by atoms with Gasteiger partial charge in [0.1, 0.15) is 0 Å². The second-order valence-corrected chi connectivity index (χ2v) is 5.05. The van der Waals surface area contributed by atoms with Crippen LogP contribution < -0.4 is 11.5 Å². The number of aliphatic imine (C=N–C) groups is 2. The highest BCUT2D eigenvalue weighted by atomic mass is 19.3. The topological polar surface area (TPSA) is 76.8 Å². The van der Waals surface area contributed by atoms with Gasteiger partial charge in [-0.2, -0.15) is 0 Å². The second-order valence-electron chi connectivity index (χ2n) is 5.05. The molecule has 0 aromatic carbocycles. The van der Waals surface area contributed by atoms with Gasteiger partial charge in [-0.3, -0.25) is 9.98 Å². The molecule has 0 heterocycles. The summed E-state index contributed by atoms with van der Waals surface area (Å²) in [6, 6.07) is 0.108. The quantitative estimate of drug-likeness (QED) is 0.575. The molecular formula is C15H26F4N4. The van der Waals surface area contributed by atoms with Crippen molar-refractivity contribution >= 4 is 11.9 Å². The first kappa shape index (κ1) is 23.4. The summed E-state index contributed by atoms with van der Waals surface area (Å²) in [5.74, 6) is -0.0289. The fraction of sp³-hybridized carbons (Fsp3) is 0.600. The third-order valence-corrected chi connectivity index (χ3v) is 2.40. The van der Waals surface area contributed by atoms with E-state index in [4.69, 9.17) is 11.5 Å². The standard InChI is InChI=1S/C8H14F2N2.C7H12F2N2/c1-5(2)7(12-3)6(4-11)8(9)10;1-5(2)11-4-3-6(10)7(8)9/h4-5,8H,11H2,1-3H3;3-5,7H,10H2,1-2H3/b6-4+,12-7?;6-3-,11-4?. The van der Waals surface area contributed by atoms with Gasteiger partial charge in [0.15, 0.2) is 0 Å². The van der Waals surface area contributed by atoms with Gasteiger partial charge >= 0.3 is 0 Å². The Kier molecular flexibility index (Phi) is 12.9. The van der Waals surface area contributed by atoms with Gasteiger partial charge in [-0.05, 0) is 25.8 Å². The van der Waals surface area contributed by atoms with Crippen LogP contribution in [0.25, 0.3) is 0 Å². The Labute approximate surface area is 135 Å². The zero-order chi connectivity index (χ0) is 18.6. The van der Waals surface area contributed by atoms with Crippen molar-refractivity contribution < 1.29 is 17.6 Å². The third kappa shape index (κ3) is 11.4. The van der Waals surface area contributed by atoms with E-state index in [0.717, 1.165) is 12.3 Å². The number of hydrogen-bond acceptors (Lipinski definition) is 4. The molecule has 0 fully saturated rings. The molecule has 0 atom stereocenters. The lowest BCUT2D eigenvalue weighted by Crippen LogP contribution is -2.17. The van der Waals surface area contributed by atoms with Gasteiger partial charge in [0.2, 0.25) is 0 Å². The molecule has 0 aromatic rings. The van der Waals surface area contributed by atoms with E-state index in [1.54, 1.807) is 13.8 Å². The van der Waals surface area contributed by atoms with Crippen molar-refractivity contribution in [2.45, 2.75) is 46.6 Å². The minimum atomic E-state index is -2.59. The number of allylic oxidation sites excluding steroid dienone is 3. The average Bonchev–Trinajstić information content (AvgIpc) is 2.43. The van der Waals surface area contributed by atoms with Crippen LogP contribution in [0.4, 0.5) is 17.6 Å². The van der Waals surface area contributed by atoms with Crippen molar-refractivity contribution in [2.24, 2.45) is 27.4 Å². The molecule has 8 heteroatoms. The van der Waals surface area contributed by atoms with E-state index >= 15 is 0 Å². The Morgan fingerprint density at radius 1 is 1.00 bits per heavy atom.